The predicted molar refractivity (Wildman–Crippen MR) is 137 cm³/mol. The molecule has 0 spiro atoms. The van der Waals surface area contributed by atoms with Gasteiger partial charge in [-0.15, -0.1) is 0 Å². The van der Waals surface area contributed by atoms with Crippen molar-refractivity contribution >= 4 is 39.2 Å². The van der Waals surface area contributed by atoms with E-state index >= 15 is 0 Å². The first-order valence-electron chi connectivity index (χ1n) is 11.8. The third kappa shape index (κ3) is 3.28. The molecule has 1 saturated heterocycles. The van der Waals surface area contributed by atoms with Gasteiger partial charge in [-0.1, -0.05) is 6.07 Å². The van der Waals surface area contributed by atoms with Crippen molar-refractivity contribution in [2.24, 2.45) is 4.99 Å². The van der Waals surface area contributed by atoms with E-state index in [2.05, 4.69) is 80.3 Å². The van der Waals surface area contributed by atoms with Gasteiger partial charge in [0.05, 0.1) is 39.8 Å². The highest BCUT2D eigenvalue weighted by atomic mass is 15.2. The first-order valence-corrected chi connectivity index (χ1v) is 11.8. The van der Waals surface area contributed by atoms with Crippen LogP contribution in [0.1, 0.15) is 11.1 Å². The van der Waals surface area contributed by atoms with E-state index in [1.807, 2.05) is 6.07 Å². The lowest BCUT2D eigenvalue weighted by molar-refractivity contribution is 0.313. The van der Waals surface area contributed by atoms with Crippen LogP contribution < -0.4 is 4.90 Å². The van der Waals surface area contributed by atoms with E-state index in [9.17, 15) is 0 Å². The van der Waals surface area contributed by atoms with Crippen molar-refractivity contribution < 1.29 is 0 Å². The molecule has 0 amide bonds. The van der Waals surface area contributed by atoms with Crippen LogP contribution in [0.15, 0.2) is 65.9 Å². The van der Waals surface area contributed by atoms with Crippen molar-refractivity contribution in [3.8, 4) is 11.4 Å². The normalized spacial score (nSPS) is 16.4. The molecule has 168 valence electrons. The number of hydrogen-bond donors (Lipinski definition) is 2. The molecule has 2 aliphatic heterocycles. The van der Waals surface area contributed by atoms with Crippen LogP contribution >= 0.6 is 0 Å². The molecule has 7 nitrogen and oxygen atoms in total. The van der Waals surface area contributed by atoms with Gasteiger partial charge in [0.15, 0.2) is 0 Å². The summed E-state index contributed by atoms with van der Waals surface area (Å²) in [7, 11) is 2.18. The molecular formula is C27H25N7. The zero-order valence-electron chi connectivity index (χ0n) is 19.0. The topological polar surface area (TPSA) is 76.2 Å². The highest BCUT2D eigenvalue weighted by Gasteiger charge is 2.19. The van der Waals surface area contributed by atoms with Crippen LogP contribution in [0.5, 0.6) is 0 Å². The van der Waals surface area contributed by atoms with Crippen LogP contribution in [-0.2, 0) is 6.42 Å². The smallest absolute Gasteiger partial charge is 0.138 e. The molecular weight excluding hydrogens is 422 g/mol. The van der Waals surface area contributed by atoms with Crippen molar-refractivity contribution in [1.29, 1.82) is 0 Å². The van der Waals surface area contributed by atoms with E-state index in [1.165, 1.54) is 11.3 Å². The molecule has 0 saturated carbocycles. The second kappa shape index (κ2) is 7.53. The standard InChI is InChI=1S/C27H25N7/c1-33-8-10-34(11-9-33)20-4-7-23-26(15-20)32-27(31-23)18-3-5-21-19(12-18)14-24(30-21)17-2-6-22-25(13-17)29-16-28-22/h2-7,12-13,15-16H,8-11,14H2,1H3,(H,28,29)(H,31,32). The number of piperazine rings is 1. The first-order chi connectivity index (χ1) is 16.7. The Balaban J connectivity index is 1.16. The van der Waals surface area contributed by atoms with Crippen LogP contribution in [0.3, 0.4) is 0 Å². The number of H-pyrrole nitrogens is 2. The quantitative estimate of drug-likeness (QED) is 0.426. The average Bonchev–Trinajstić information content (AvgIpc) is 3.60. The fraction of sp³-hybridized carbons (Fsp3) is 0.222. The Morgan fingerprint density at radius 2 is 1.68 bits per heavy atom. The number of aliphatic imine (C=N–C) groups is 1. The molecule has 0 bridgehead atoms. The van der Waals surface area contributed by atoms with Gasteiger partial charge in [0.1, 0.15) is 5.82 Å². The fourth-order valence-electron chi connectivity index (χ4n) is 5.03. The third-order valence-corrected chi connectivity index (χ3v) is 7.05. The van der Waals surface area contributed by atoms with Gasteiger partial charge in [0.2, 0.25) is 0 Å². The molecule has 3 aromatic carbocycles. The first kappa shape index (κ1) is 19.5. The second-order valence-electron chi connectivity index (χ2n) is 9.29. The summed E-state index contributed by atoms with van der Waals surface area (Å²) in [5, 5.41) is 0. The Labute approximate surface area is 197 Å². The number of fused-ring (bicyclic) bond motifs is 3. The van der Waals surface area contributed by atoms with Crippen LogP contribution in [0.4, 0.5) is 11.4 Å². The van der Waals surface area contributed by atoms with Crippen LogP contribution in [0, 0.1) is 0 Å². The monoisotopic (exact) mass is 447 g/mol. The van der Waals surface area contributed by atoms with Gasteiger partial charge in [-0.05, 0) is 66.7 Å². The van der Waals surface area contributed by atoms with Gasteiger partial charge in [-0.3, -0.25) is 4.99 Å². The number of anilines is 1. The molecule has 0 atom stereocenters. The van der Waals surface area contributed by atoms with Gasteiger partial charge in [-0.2, -0.15) is 0 Å². The lowest BCUT2D eigenvalue weighted by Gasteiger charge is -2.34. The maximum Gasteiger partial charge on any atom is 0.138 e. The molecule has 0 unspecified atom stereocenters. The third-order valence-electron chi connectivity index (χ3n) is 7.05. The Morgan fingerprint density at radius 3 is 2.59 bits per heavy atom. The number of aromatic amines is 2. The summed E-state index contributed by atoms with van der Waals surface area (Å²) < 4.78 is 0. The van der Waals surface area contributed by atoms with E-state index < -0.39 is 0 Å². The van der Waals surface area contributed by atoms with Crippen molar-refractivity contribution in [3.63, 3.8) is 0 Å². The summed E-state index contributed by atoms with van der Waals surface area (Å²) in [6.07, 6.45) is 2.55. The minimum absolute atomic E-state index is 0.816. The van der Waals surface area contributed by atoms with E-state index in [-0.39, 0.29) is 0 Å². The number of nitrogens with zero attached hydrogens (tertiary/aromatic N) is 5. The van der Waals surface area contributed by atoms with E-state index in [4.69, 9.17) is 9.98 Å². The molecule has 34 heavy (non-hydrogen) atoms. The fourth-order valence-corrected chi connectivity index (χ4v) is 5.03. The van der Waals surface area contributed by atoms with E-state index in [0.717, 1.165) is 83.0 Å². The van der Waals surface area contributed by atoms with Crippen molar-refractivity contribution in [1.82, 2.24) is 24.8 Å². The molecule has 2 aliphatic rings. The zero-order chi connectivity index (χ0) is 22.6. The van der Waals surface area contributed by atoms with Gasteiger partial charge < -0.3 is 19.8 Å². The lowest BCUT2D eigenvalue weighted by atomic mass is 10.0. The molecule has 2 N–H and O–H groups in total. The van der Waals surface area contributed by atoms with Gasteiger partial charge in [0, 0.05) is 43.9 Å². The highest BCUT2D eigenvalue weighted by Crippen LogP contribution is 2.33. The molecule has 0 radical (unpaired) electrons. The average molecular weight is 448 g/mol. The van der Waals surface area contributed by atoms with Crippen molar-refractivity contribution in [2.75, 3.05) is 38.1 Å². The Bertz CT molecular complexity index is 1570. The minimum Gasteiger partial charge on any atom is -0.369 e. The van der Waals surface area contributed by atoms with Gasteiger partial charge >= 0.3 is 0 Å². The maximum atomic E-state index is 4.90. The summed E-state index contributed by atoms with van der Waals surface area (Å²) in [5.74, 6) is 0.903. The number of imidazole rings is 2. The molecule has 0 aliphatic carbocycles. The lowest BCUT2D eigenvalue weighted by Crippen LogP contribution is -2.44. The molecule has 7 heteroatoms. The number of benzene rings is 3. The summed E-state index contributed by atoms with van der Waals surface area (Å²) >= 11 is 0. The second-order valence-corrected chi connectivity index (χ2v) is 9.29. The van der Waals surface area contributed by atoms with Crippen LogP contribution in [-0.4, -0.2) is 63.8 Å². The number of aromatic nitrogens is 4. The zero-order valence-corrected chi connectivity index (χ0v) is 19.0. The Hall–Kier alpha value is -3.97. The molecule has 4 heterocycles. The number of nitrogens with one attached hydrogen (secondary N) is 2. The van der Waals surface area contributed by atoms with E-state index in [0.29, 0.717) is 0 Å². The number of likely N-dealkylation sites (N-methyl/N-ethyl adjacent to an activating group) is 1. The molecule has 2 aromatic heterocycles. The summed E-state index contributed by atoms with van der Waals surface area (Å²) in [4.78, 5) is 25.7. The Morgan fingerprint density at radius 1 is 0.824 bits per heavy atom. The minimum atomic E-state index is 0.816. The van der Waals surface area contributed by atoms with Crippen molar-refractivity contribution in [2.45, 2.75) is 6.42 Å². The molecule has 1 fully saturated rings. The Kier molecular flexibility index (Phi) is 4.32. The highest BCUT2D eigenvalue weighted by molar-refractivity contribution is 6.08. The largest absolute Gasteiger partial charge is 0.369 e. The van der Waals surface area contributed by atoms with Crippen molar-refractivity contribution in [3.05, 3.63) is 72.1 Å². The van der Waals surface area contributed by atoms with Gasteiger partial charge in [0.25, 0.3) is 0 Å². The SMILES string of the molecule is CN1CCN(c2ccc3nc(-c4ccc5c(c4)CC(c4ccc6nc[nH]c6c4)=N5)[nH]c3c2)CC1. The molecule has 7 rings (SSSR count). The predicted octanol–water partition coefficient (Wildman–Crippen LogP) is 4.53. The number of rotatable bonds is 3. The summed E-state index contributed by atoms with van der Waals surface area (Å²) in [5.41, 5.74) is 10.9. The molecule has 5 aromatic rings. The summed E-state index contributed by atoms with van der Waals surface area (Å²) in [6, 6.07) is 19.3. The maximum absolute atomic E-state index is 4.90. The van der Waals surface area contributed by atoms with E-state index in [1.54, 1.807) is 6.33 Å². The van der Waals surface area contributed by atoms with Gasteiger partial charge in [-0.25, -0.2) is 9.97 Å². The van der Waals surface area contributed by atoms with Crippen LogP contribution in [0.2, 0.25) is 0 Å². The summed E-state index contributed by atoms with van der Waals surface area (Å²) in [6.45, 7) is 4.31. The number of hydrogen-bond acceptors (Lipinski definition) is 5. The van der Waals surface area contributed by atoms with Crippen LogP contribution in [0.25, 0.3) is 33.5 Å².